The molecule has 2 rings (SSSR count). The first kappa shape index (κ1) is 16.3. The summed E-state index contributed by atoms with van der Waals surface area (Å²) in [7, 11) is 1.66. The smallest absolute Gasteiger partial charge is 0.324 e. The van der Waals surface area contributed by atoms with Crippen molar-refractivity contribution in [1.82, 2.24) is 18.7 Å². The van der Waals surface area contributed by atoms with E-state index in [0.29, 0.717) is 24.3 Å². The number of imidazole rings is 1. The molecule has 0 atom stereocenters. The summed E-state index contributed by atoms with van der Waals surface area (Å²) in [4.78, 5) is 29.2. The van der Waals surface area contributed by atoms with Crippen LogP contribution in [0.4, 0.5) is 0 Å². The van der Waals surface area contributed by atoms with E-state index in [1.165, 1.54) is 9.13 Å². The lowest BCUT2D eigenvalue weighted by Crippen LogP contribution is -2.39. The zero-order valence-electron chi connectivity index (χ0n) is 13.4. The molecule has 0 fully saturated rings. The zero-order chi connectivity index (χ0) is 16.1. The van der Waals surface area contributed by atoms with Gasteiger partial charge in [-0.15, -0.1) is 6.58 Å². The standard InChI is InChI=1S/C16H24N4O2/c1-4-6-8-9-11-20-15(21)13-14(18(3)16(20)22)17-12-19(13)10-7-5-2/h5,12H,2,4,6-11H2,1,3H3. The van der Waals surface area contributed by atoms with Crippen molar-refractivity contribution in [2.45, 2.75) is 52.1 Å². The van der Waals surface area contributed by atoms with Crippen LogP contribution in [0.25, 0.3) is 11.2 Å². The fourth-order valence-electron chi connectivity index (χ4n) is 2.62. The van der Waals surface area contributed by atoms with Crippen LogP contribution in [0, 0.1) is 0 Å². The van der Waals surface area contributed by atoms with Gasteiger partial charge in [0, 0.05) is 20.1 Å². The van der Waals surface area contributed by atoms with Gasteiger partial charge in [0.1, 0.15) is 0 Å². The normalized spacial score (nSPS) is 11.2. The van der Waals surface area contributed by atoms with Gasteiger partial charge in [0.05, 0.1) is 6.33 Å². The third-order valence-corrected chi connectivity index (χ3v) is 3.91. The Hall–Kier alpha value is -2.11. The Morgan fingerprint density at radius 3 is 2.68 bits per heavy atom. The predicted molar refractivity (Wildman–Crippen MR) is 88.2 cm³/mol. The highest BCUT2D eigenvalue weighted by Crippen LogP contribution is 2.07. The molecule has 6 nitrogen and oxygen atoms in total. The Balaban J connectivity index is 2.45. The Kier molecular flexibility index (Phi) is 5.35. The lowest BCUT2D eigenvalue weighted by molar-refractivity contribution is 0.538. The van der Waals surface area contributed by atoms with E-state index in [-0.39, 0.29) is 11.2 Å². The van der Waals surface area contributed by atoms with Crippen molar-refractivity contribution in [2.75, 3.05) is 0 Å². The number of aromatic nitrogens is 4. The third kappa shape index (κ3) is 3.05. The van der Waals surface area contributed by atoms with Crippen LogP contribution in [0.15, 0.2) is 28.6 Å². The lowest BCUT2D eigenvalue weighted by atomic mass is 10.2. The number of unbranched alkanes of at least 4 members (excludes halogenated alkanes) is 3. The Bertz CT molecular complexity index is 767. The Labute approximate surface area is 129 Å². The number of aryl methyl sites for hydroxylation is 2. The topological polar surface area (TPSA) is 61.8 Å². The molecule has 0 aromatic carbocycles. The van der Waals surface area contributed by atoms with Crippen LogP contribution in [0.5, 0.6) is 0 Å². The molecule has 120 valence electrons. The molecule has 0 amide bonds. The summed E-state index contributed by atoms with van der Waals surface area (Å²) < 4.78 is 4.60. The molecule has 2 aromatic heterocycles. The fraction of sp³-hybridized carbons (Fsp3) is 0.562. The molecule has 2 heterocycles. The summed E-state index contributed by atoms with van der Waals surface area (Å²) in [5, 5.41) is 0. The molecule has 0 saturated heterocycles. The minimum atomic E-state index is -0.289. The molecule has 0 N–H and O–H groups in total. The molecule has 22 heavy (non-hydrogen) atoms. The average molecular weight is 304 g/mol. The van der Waals surface area contributed by atoms with E-state index in [4.69, 9.17) is 0 Å². The first-order valence-electron chi connectivity index (χ1n) is 7.87. The van der Waals surface area contributed by atoms with Crippen LogP contribution in [0.3, 0.4) is 0 Å². The number of allylic oxidation sites excluding steroid dienone is 1. The summed E-state index contributed by atoms with van der Waals surface area (Å²) in [6.45, 7) is 6.94. The fourth-order valence-corrected chi connectivity index (χ4v) is 2.62. The molecule has 2 aromatic rings. The number of fused-ring (bicyclic) bond motifs is 1. The van der Waals surface area contributed by atoms with E-state index >= 15 is 0 Å². The predicted octanol–water partition coefficient (Wildman–Crippen LogP) is 2.05. The van der Waals surface area contributed by atoms with E-state index in [2.05, 4.69) is 18.5 Å². The summed E-state index contributed by atoms with van der Waals surface area (Å²) in [6.07, 6.45) is 8.29. The number of hydrogen-bond donors (Lipinski definition) is 0. The van der Waals surface area contributed by atoms with Crippen molar-refractivity contribution in [2.24, 2.45) is 7.05 Å². The van der Waals surface area contributed by atoms with E-state index in [9.17, 15) is 9.59 Å². The zero-order valence-corrected chi connectivity index (χ0v) is 13.4. The molecule has 0 unspecified atom stereocenters. The molecule has 0 saturated carbocycles. The largest absolute Gasteiger partial charge is 0.332 e. The first-order valence-corrected chi connectivity index (χ1v) is 7.87. The summed E-state index contributed by atoms with van der Waals surface area (Å²) in [5.41, 5.74) is 0.419. The van der Waals surface area contributed by atoms with Crippen LogP contribution in [0.2, 0.25) is 0 Å². The van der Waals surface area contributed by atoms with Crippen molar-refractivity contribution in [1.29, 1.82) is 0 Å². The second-order valence-electron chi connectivity index (χ2n) is 5.55. The monoisotopic (exact) mass is 304 g/mol. The molecule has 6 heteroatoms. The van der Waals surface area contributed by atoms with Gasteiger partial charge >= 0.3 is 5.69 Å². The van der Waals surface area contributed by atoms with Crippen LogP contribution >= 0.6 is 0 Å². The minimum Gasteiger partial charge on any atom is -0.324 e. The second-order valence-corrected chi connectivity index (χ2v) is 5.55. The van der Waals surface area contributed by atoms with Gasteiger partial charge in [0.2, 0.25) is 0 Å². The maximum absolute atomic E-state index is 12.7. The van der Waals surface area contributed by atoms with E-state index in [0.717, 1.165) is 32.1 Å². The SMILES string of the molecule is C=CCCn1cnc2c1c(=O)n(CCCCCC)c(=O)n2C. The number of hydrogen-bond acceptors (Lipinski definition) is 3. The maximum Gasteiger partial charge on any atom is 0.332 e. The average Bonchev–Trinajstić information content (AvgIpc) is 2.94. The first-order chi connectivity index (χ1) is 10.6. The maximum atomic E-state index is 12.7. The summed E-state index contributed by atoms with van der Waals surface area (Å²) in [6, 6.07) is 0. The van der Waals surface area contributed by atoms with Crippen LogP contribution < -0.4 is 11.2 Å². The minimum absolute atomic E-state index is 0.240. The van der Waals surface area contributed by atoms with Gasteiger partial charge in [-0.25, -0.2) is 9.78 Å². The number of rotatable bonds is 8. The highest BCUT2D eigenvalue weighted by atomic mass is 16.2. The Morgan fingerprint density at radius 1 is 1.23 bits per heavy atom. The van der Waals surface area contributed by atoms with Crippen molar-refractivity contribution in [3.63, 3.8) is 0 Å². The molecule has 0 aliphatic heterocycles. The summed E-state index contributed by atoms with van der Waals surface area (Å²) in [5.74, 6) is 0. The molecule has 0 radical (unpaired) electrons. The van der Waals surface area contributed by atoms with Crippen molar-refractivity contribution < 1.29 is 0 Å². The van der Waals surface area contributed by atoms with E-state index in [1.807, 2.05) is 0 Å². The molecular weight excluding hydrogens is 280 g/mol. The quantitative estimate of drug-likeness (QED) is 0.554. The molecular formula is C16H24N4O2. The van der Waals surface area contributed by atoms with Crippen LogP contribution in [-0.4, -0.2) is 18.7 Å². The Morgan fingerprint density at radius 2 is 2.00 bits per heavy atom. The number of nitrogens with zero attached hydrogens (tertiary/aromatic N) is 4. The third-order valence-electron chi connectivity index (χ3n) is 3.91. The van der Waals surface area contributed by atoms with Gasteiger partial charge in [-0.05, 0) is 12.8 Å². The van der Waals surface area contributed by atoms with Gasteiger partial charge < -0.3 is 4.57 Å². The van der Waals surface area contributed by atoms with Gasteiger partial charge in [-0.1, -0.05) is 32.3 Å². The molecule has 0 spiro atoms. The van der Waals surface area contributed by atoms with Gasteiger partial charge in [-0.2, -0.15) is 0 Å². The van der Waals surface area contributed by atoms with Gasteiger partial charge in [-0.3, -0.25) is 13.9 Å². The van der Waals surface area contributed by atoms with Crippen LogP contribution in [-0.2, 0) is 20.1 Å². The molecule has 0 aliphatic rings. The van der Waals surface area contributed by atoms with E-state index < -0.39 is 0 Å². The second kappa shape index (κ2) is 7.24. The van der Waals surface area contributed by atoms with Crippen LogP contribution in [0.1, 0.15) is 39.0 Å². The van der Waals surface area contributed by atoms with Crippen molar-refractivity contribution in [3.05, 3.63) is 39.8 Å². The van der Waals surface area contributed by atoms with Crippen molar-refractivity contribution >= 4 is 11.2 Å². The van der Waals surface area contributed by atoms with Gasteiger partial charge in [0.25, 0.3) is 5.56 Å². The summed E-state index contributed by atoms with van der Waals surface area (Å²) >= 11 is 0. The lowest BCUT2D eigenvalue weighted by Gasteiger charge is -2.09. The van der Waals surface area contributed by atoms with E-state index in [1.54, 1.807) is 24.0 Å². The van der Waals surface area contributed by atoms with Crippen molar-refractivity contribution in [3.8, 4) is 0 Å². The molecule has 0 aliphatic carbocycles. The highest BCUT2D eigenvalue weighted by molar-refractivity contribution is 5.69. The van der Waals surface area contributed by atoms with Gasteiger partial charge in [0.15, 0.2) is 11.2 Å². The molecule has 0 bridgehead atoms. The highest BCUT2D eigenvalue weighted by Gasteiger charge is 2.15.